The van der Waals surface area contributed by atoms with Crippen molar-refractivity contribution >= 4 is 38.9 Å². The highest BCUT2D eigenvalue weighted by molar-refractivity contribution is 9.10. The average molecular weight is 358 g/mol. The van der Waals surface area contributed by atoms with Gasteiger partial charge in [-0.05, 0) is 41.7 Å². The first-order chi connectivity index (χ1) is 8.86. The van der Waals surface area contributed by atoms with Crippen molar-refractivity contribution in [3.63, 3.8) is 0 Å². The maximum atomic E-state index is 6.55. The molecule has 19 heavy (non-hydrogen) atoms. The van der Waals surface area contributed by atoms with Crippen molar-refractivity contribution in [1.29, 1.82) is 0 Å². The molecule has 2 aromatic rings. The summed E-state index contributed by atoms with van der Waals surface area (Å²) in [6.45, 7) is 6.71. The van der Waals surface area contributed by atoms with Gasteiger partial charge in [-0.25, -0.2) is 0 Å². The number of hydrogen-bond acceptors (Lipinski definition) is 1. The summed E-state index contributed by atoms with van der Waals surface area (Å²) in [6, 6.07) is 12.7. The third-order valence-corrected chi connectivity index (χ3v) is 5.62. The molecule has 1 unspecified atom stereocenters. The smallest absolute Gasteiger partial charge is 0.0718 e. The second-order valence-corrected chi connectivity index (χ2v) is 8.31. The van der Waals surface area contributed by atoms with Gasteiger partial charge in [-0.15, -0.1) is 22.9 Å². The third-order valence-electron chi connectivity index (χ3n) is 2.98. The largest absolute Gasteiger partial charge is 0.143 e. The van der Waals surface area contributed by atoms with Gasteiger partial charge in [0.2, 0.25) is 0 Å². The summed E-state index contributed by atoms with van der Waals surface area (Å²) in [7, 11) is 0. The topological polar surface area (TPSA) is 0 Å². The van der Waals surface area contributed by atoms with E-state index < -0.39 is 0 Å². The molecule has 0 fully saturated rings. The zero-order valence-corrected chi connectivity index (χ0v) is 14.6. The standard InChI is InChI=1S/C16H18BrClS/c1-16(2,3)15-8-7-14(19-15)13(18)10-11-5-4-6-12(17)9-11/h4-9,13H,10H2,1-3H3. The Labute approximate surface area is 132 Å². The molecule has 0 aliphatic carbocycles. The molecule has 1 aromatic carbocycles. The van der Waals surface area contributed by atoms with Crippen LogP contribution >= 0.6 is 38.9 Å². The fourth-order valence-corrected chi connectivity index (χ4v) is 3.77. The molecule has 0 amide bonds. The number of rotatable bonds is 3. The first-order valence-electron chi connectivity index (χ1n) is 6.35. The highest BCUT2D eigenvalue weighted by Gasteiger charge is 2.19. The minimum atomic E-state index is 0.0513. The first-order valence-corrected chi connectivity index (χ1v) is 8.39. The Balaban J connectivity index is 2.12. The summed E-state index contributed by atoms with van der Waals surface area (Å²) in [5, 5.41) is 0.0513. The highest BCUT2D eigenvalue weighted by Crippen LogP contribution is 2.36. The summed E-state index contributed by atoms with van der Waals surface area (Å²) in [4.78, 5) is 2.65. The molecule has 0 saturated heterocycles. The molecule has 2 rings (SSSR count). The summed E-state index contributed by atoms with van der Waals surface area (Å²) < 4.78 is 1.11. The Hall–Kier alpha value is -0.310. The van der Waals surface area contributed by atoms with Crippen LogP contribution in [-0.2, 0) is 11.8 Å². The molecular formula is C16H18BrClS. The summed E-state index contributed by atoms with van der Waals surface area (Å²) in [5.74, 6) is 0. The van der Waals surface area contributed by atoms with Gasteiger partial charge in [0.25, 0.3) is 0 Å². The second kappa shape index (κ2) is 5.99. The van der Waals surface area contributed by atoms with Gasteiger partial charge in [-0.3, -0.25) is 0 Å². The monoisotopic (exact) mass is 356 g/mol. The van der Waals surface area contributed by atoms with Gasteiger partial charge in [-0.1, -0.05) is 48.8 Å². The van der Waals surface area contributed by atoms with Crippen molar-refractivity contribution in [1.82, 2.24) is 0 Å². The van der Waals surface area contributed by atoms with Crippen LogP contribution in [0.1, 0.15) is 41.5 Å². The molecule has 0 aliphatic rings. The average Bonchev–Trinajstić information content (AvgIpc) is 2.77. The number of halogens is 2. The number of thiophene rings is 1. The van der Waals surface area contributed by atoms with Crippen LogP contribution in [0.3, 0.4) is 0 Å². The number of alkyl halides is 1. The number of hydrogen-bond donors (Lipinski definition) is 0. The Morgan fingerprint density at radius 1 is 1.21 bits per heavy atom. The summed E-state index contributed by atoms with van der Waals surface area (Å²) >= 11 is 11.9. The van der Waals surface area contributed by atoms with Crippen LogP contribution in [0.5, 0.6) is 0 Å². The van der Waals surface area contributed by atoms with Gasteiger partial charge in [-0.2, -0.15) is 0 Å². The van der Waals surface area contributed by atoms with Crippen LogP contribution < -0.4 is 0 Å². The zero-order chi connectivity index (χ0) is 14.0. The van der Waals surface area contributed by atoms with E-state index in [1.54, 1.807) is 0 Å². The predicted octanol–water partition coefficient (Wildman–Crippen LogP) is 6.33. The molecule has 0 spiro atoms. The third kappa shape index (κ3) is 4.08. The Morgan fingerprint density at radius 3 is 2.53 bits per heavy atom. The molecule has 1 heterocycles. The molecule has 0 aliphatic heterocycles. The van der Waals surface area contributed by atoms with Crippen LogP contribution in [-0.4, -0.2) is 0 Å². The van der Waals surface area contributed by atoms with E-state index in [9.17, 15) is 0 Å². The molecule has 102 valence electrons. The lowest BCUT2D eigenvalue weighted by Gasteiger charge is -2.15. The van der Waals surface area contributed by atoms with Gasteiger partial charge in [0.05, 0.1) is 5.38 Å². The predicted molar refractivity (Wildman–Crippen MR) is 89.5 cm³/mol. The van der Waals surface area contributed by atoms with Gasteiger partial charge in [0.15, 0.2) is 0 Å². The van der Waals surface area contributed by atoms with Gasteiger partial charge >= 0.3 is 0 Å². The molecule has 0 N–H and O–H groups in total. The number of benzene rings is 1. The normalized spacial score (nSPS) is 13.5. The van der Waals surface area contributed by atoms with E-state index in [1.807, 2.05) is 17.4 Å². The van der Waals surface area contributed by atoms with E-state index in [2.05, 4.69) is 67.0 Å². The molecule has 1 atom stereocenters. The molecule has 0 bridgehead atoms. The van der Waals surface area contributed by atoms with E-state index in [-0.39, 0.29) is 10.8 Å². The maximum absolute atomic E-state index is 6.55. The SMILES string of the molecule is CC(C)(C)c1ccc(C(Cl)Cc2cccc(Br)c2)s1. The first kappa shape index (κ1) is 15.1. The van der Waals surface area contributed by atoms with Crippen molar-refractivity contribution in [3.8, 4) is 0 Å². The fraction of sp³-hybridized carbons (Fsp3) is 0.375. The van der Waals surface area contributed by atoms with Crippen molar-refractivity contribution in [2.75, 3.05) is 0 Å². The van der Waals surface area contributed by atoms with Gasteiger partial charge < -0.3 is 0 Å². The van der Waals surface area contributed by atoms with Crippen LogP contribution in [0, 0.1) is 0 Å². The molecule has 1 aromatic heterocycles. The van der Waals surface area contributed by atoms with Crippen LogP contribution in [0.15, 0.2) is 40.9 Å². The molecule has 3 heteroatoms. The van der Waals surface area contributed by atoms with E-state index in [0.29, 0.717) is 0 Å². The Kier molecular flexibility index (Phi) is 4.75. The molecule has 0 saturated carbocycles. The van der Waals surface area contributed by atoms with Gasteiger partial charge in [0, 0.05) is 14.2 Å². The van der Waals surface area contributed by atoms with Crippen molar-refractivity contribution in [3.05, 3.63) is 56.2 Å². The molecular weight excluding hydrogens is 340 g/mol. The van der Waals surface area contributed by atoms with Crippen molar-refractivity contribution < 1.29 is 0 Å². The zero-order valence-electron chi connectivity index (χ0n) is 11.4. The second-order valence-electron chi connectivity index (χ2n) is 5.75. The lowest BCUT2D eigenvalue weighted by molar-refractivity contribution is 0.604. The minimum Gasteiger partial charge on any atom is -0.143 e. The Morgan fingerprint density at radius 2 is 1.95 bits per heavy atom. The van der Waals surface area contributed by atoms with Crippen LogP contribution in [0.2, 0.25) is 0 Å². The molecule has 0 radical (unpaired) electrons. The van der Waals surface area contributed by atoms with Crippen LogP contribution in [0.4, 0.5) is 0 Å². The van der Waals surface area contributed by atoms with Crippen molar-refractivity contribution in [2.45, 2.75) is 38.0 Å². The fourth-order valence-electron chi connectivity index (χ4n) is 1.90. The van der Waals surface area contributed by atoms with E-state index in [4.69, 9.17) is 11.6 Å². The molecule has 0 nitrogen and oxygen atoms in total. The summed E-state index contributed by atoms with van der Waals surface area (Å²) in [6.07, 6.45) is 0.866. The van der Waals surface area contributed by atoms with Crippen molar-refractivity contribution in [2.24, 2.45) is 0 Å². The van der Waals surface area contributed by atoms with Crippen LogP contribution in [0.25, 0.3) is 0 Å². The summed E-state index contributed by atoms with van der Waals surface area (Å²) in [5.41, 5.74) is 1.47. The quantitative estimate of drug-likeness (QED) is 0.563. The highest BCUT2D eigenvalue weighted by atomic mass is 79.9. The Bertz CT molecular complexity index is 554. The minimum absolute atomic E-state index is 0.0513. The lowest BCUT2D eigenvalue weighted by atomic mass is 9.95. The lowest BCUT2D eigenvalue weighted by Crippen LogP contribution is -2.07. The van der Waals surface area contributed by atoms with E-state index >= 15 is 0 Å². The van der Waals surface area contributed by atoms with E-state index in [0.717, 1.165) is 10.9 Å². The maximum Gasteiger partial charge on any atom is 0.0718 e. The van der Waals surface area contributed by atoms with Gasteiger partial charge in [0.1, 0.15) is 0 Å². The van der Waals surface area contributed by atoms with E-state index in [1.165, 1.54) is 15.3 Å².